The van der Waals surface area contributed by atoms with E-state index in [-0.39, 0.29) is 0 Å². The van der Waals surface area contributed by atoms with Gasteiger partial charge in [-0.1, -0.05) is 23.2 Å². The maximum absolute atomic E-state index is 6.28. The molecule has 1 atom stereocenters. The number of nitrogens with zero attached hydrogens (tertiary/aromatic N) is 4. The van der Waals surface area contributed by atoms with Crippen LogP contribution in [0.4, 0.5) is 0 Å². The van der Waals surface area contributed by atoms with Crippen molar-refractivity contribution in [3.63, 3.8) is 0 Å². The summed E-state index contributed by atoms with van der Waals surface area (Å²) in [6.07, 6.45) is 6.02. The lowest BCUT2D eigenvalue weighted by Gasteiger charge is -2.20. The molecule has 0 bridgehead atoms. The number of aromatic nitrogens is 2. The fourth-order valence-electron chi connectivity index (χ4n) is 2.28. The van der Waals surface area contributed by atoms with Gasteiger partial charge in [0.2, 0.25) is 0 Å². The second-order valence-electron chi connectivity index (χ2n) is 4.89. The molecule has 1 radical (unpaired) electrons. The van der Waals surface area contributed by atoms with E-state index in [0.29, 0.717) is 15.7 Å². The van der Waals surface area contributed by atoms with Gasteiger partial charge in [0.1, 0.15) is 0 Å². The van der Waals surface area contributed by atoms with Crippen LogP contribution in [0.1, 0.15) is 19.4 Å². The third-order valence-corrected chi connectivity index (χ3v) is 3.81. The number of aliphatic imine (C=N–C) groups is 2. The van der Waals surface area contributed by atoms with Crippen LogP contribution in [-0.4, -0.2) is 21.9 Å². The summed E-state index contributed by atoms with van der Waals surface area (Å²) in [4.78, 5) is 17.2. The monoisotopic (exact) mass is 317 g/mol. The lowest BCUT2D eigenvalue weighted by atomic mass is 9.98. The first-order valence-corrected chi connectivity index (χ1v) is 7.06. The van der Waals surface area contributed by atoms with Gasteiger partial charge in [0, 0.05) is 28.6 Å². The van der Waals surface area contributed by atoms with Gasteiger partial charge in [0.15, 0.2) is 12.0 Å². The molecule has 1 aromatic carbocycles. The van der Waals surface area contributed by atoms with Crippen LogP contribution >= 0.6 is 23.2 Å². The van der Waals surface area contributed by atoms with Gasteiger partial charge in [-0.3, -0.25) is 9.98 Å². The summed E-state index contributed by atoms with van der Waals surface area (Å²) >= 11 is 12.2. The van der Waals surface area contributed by atoms with Crippen molar-refractivity contribution in [3.8, 4) is 11.3 Å². The Morgan fingerprint density at radius 3 is 2.71 bits per heavy atom. The van der Waals surface area contributed by atoms with Gasteiger partial charge in [-0.25, -0.2) is 9.97 Å². The molecule has 1 aromatic heterocycles. The summed E-state index contributed by atoms with van der Waals surface area (Å²) in [7, 11) is 0. The summed E-state index contributed by atoms with van der Waals surface area (Å²) in [5, 5.41) is 1.09. The Labute approximate surface area is 132 Å². The van der Waals surface area contributed by atoms with Gasteiger partial charge >= 0.3 is 0 Å². The Bertz CT molecular complexity index is 770. The zero-order valence-corrected chi connectivity index (χ0v) is 12.9. The highest BCUT2D eigenvalue weighted by atomic mass is 35.5. The van der Waals surface area contributed by atoms with Crippen LogP contribution in [0.15, 0.2) is 34.4 Å². The Morgan fingerprint density at radius 1 is 1.24 bits per heavy atom. The van der Waals surface area contributed by atoms with Crippen LogP contribution < -0.4 is 0 Å². The molecule has 3 rings (SSSR count). The van der Waals surface area contributed by atoms with Crippen LogP contribution in [0.2, 0.25) is 10.0 Å². The molecule has 0 fully saturated rings. The molecule has 2 aromatic rings. The maximum Gasteiger partial charge on any atom is 0.198 e. The topological polar surface area (TPSA) is 50.5 Å². The van der Waals surface area contributed by atoms with E-state index >= 15 is 0 Å². The summed E-state index contributed by atoms with van der Waals surface area (Å²) < 4.78 is 0. The predicted molar refractivity (Wildman–Crippen MR) is 85.3 cm³/mol. The Hall–Kier alpha value is -1.78. The summed E-state index contributed by atoms with van der Waals surface area (Å²) in [5.41, 5.74) is 2.31. The molecule has 4 nitrogen and oxygen atoms in total. The zero-order valence-electron chi connectivity index (χ0n) is 11.4. The third-order valence-electron chi connectivity index (χ3n) is 3.26. The molecule has 0 amide bonds. The lowest BCUT2D eigenvalue weighted by molar-refractivity contribution is 0.538. The second kappa shape index (κ2) is 5.20. The quantitative estimate of drug-likeness (QED) is 0.841. The largest absolute Gasteiger partial charge is 0.257 e. The molecule has 105 valence electrons. The van der Waals surface area contributed by atoms with Gasteiger partial charge in [0.25, 0.3) is 0 Å². The Balaban J connectivity index is 2.20. The van der Waals surface area contributed by atoms with E-state index < -0.39 is 5.66 Å². The predicted octanol–water partition coefficient (Wildman–Crippen LogP) is 3.97. The fourth-order valence-corrected chi connectivity index (χ4v) is 2.78. The highest BCUT2D eigenvalue weighted by molar-refractivity contribution is 6.36. The summed E-state index contributed by atoms with van der Waals surface area (Å²) in [6, 6.07) is 5.27. The molecule has 1 aliphatic rings. The summed E-state index contributed by atoms with van der Waals surface area (Å²) in [5.74, 6) is 0. The molecule has 0 aliphatic carbocycles. The zero-order chi connectivity index (χ0) is 15.0. The SMILES string of the molecule is CC1=NC(C)(c2cn[c]nc2-c2ccc(Cl)cc2Cl)N=C1. The minimum atomic E-state index is -0.739. The normalized spacial score (nSPS) is 20.7. The highest BCUT2D eigenvalue weighted by Gasteiger charge is 2.32. The molecular weight excluding hydrogens is 307 g/mol. The highest BCUT2D eigenvalue weighted by Crippen LogP contribution is 2.38. The molecule has 0 N–H and O–H groups in total. The number of rotatable bonds is 2. The van der Waals surface area contributed by atoms with E-state index in [4.69, 9.17) is 23.2 Å². The molecule has 1 aliphatic heterocycles. The van der Waals surface area contributed by atoms with Gasteiger partial charge in [0.05, 0.1) is 16.4 Å². The smallest absolute Gasteiger partial charge is 0.198 e. The molecule has 0 spiro atoms. The minimum absolute atomic E-state index is 0.516. The van der Waals surface area contributed by atoms with Gasteiger partial charge < -0.3 is 0 Å². The van der Waals surface area contributed by atoms with Crippen molar-refractivity contribution in [3.05, 3.63) is 46.3 Å². The van der Waals surface area contributed by atoms with Crippen molar-refractivity contribution < 1.29 is 0 Å². The third kappa shape index (κ3) is 2.57. The van der Waals surface area contributed by atoms with E-state index in [1.807, 2.05) is 19.9 Å². The average Bonchev–Trinajstić information content (AvgIpc) is 2.80. The van der Waals surface area contributed by atoms with Crippen molar-refractivity contribution in [1.82, 2.24) is 9.97 Å². The van der Waals surface area contributed by atoms with Gasteiger partial charge in [-0.05, 0) is 32.0 Å². The molecular formula is C15H11Cl2N4. The van der Waals surface area contributed by atoms with Gasteiger partial charge in [-0.2, -0.15) is 0 Å². The lowest BCUT2D eigenvalue weighted by Crippen LogP contribution is -2.16. The Kier molecular flexibility index (Phi) is 3.51. The standard InChI is InChI=1S/C15H11Cl2N4/c1-9-6-20-15(2,21-9)12-7-18-8-19-14(12)11-4-3-10(16)5-13(11)17/h3-7H,1-2H3. The molecule has 1 unspecified atom stereocenters. The first-order valence-electron chi connectivity index (χ1n) is 6.30. The summed E-state index contributed by atoms with van der Waals surface area (Å²) in [6.45, 7) is 3.81. The van der Waals surface area contributed by atoms with Crippen LogP contribution in [0.25, 0.3) is 11.3 Å². The van der Waals surface area contributed by atoms with Crippen molar-refractivity contribution in [2.45, 2.75) is 19.5 Å². The number of halogens is 2. The van der Waals surface area contributed by atoms with E-state index in [1.54, 1.807) is 24.5 Å². The van der Waals surface area contributed by atoms with E-state index in [1.165, 1.54) is 0 Å². The Morgan fingerprint density at radius 2 is 2.05 bits per heavy atom. The van der Waals surface area contributed by atoms with Crippen molar-refractivity contribution in [2.24, 2.45) is 9.98 Å². The average molecular weight is 318 g/mol. The maximum atomic E-state index is 6.28. The van der Waals surface area contributed by atoms with Crippen LogP contribution in [0, 0.1) is 6.33 Å². The molecule has 0 saturated heterocycles. The van der Waals surface area contributed by atoms with Crippen molar-refractivity contribution in [1.29, 1.82) is 0 Å². The van der Waals surface area contributed by atoms with Crippen molar-refractivity contribution in [2.75, 3.05) is 0 Å². The van der Waals surface area contributed by atoms with Crippen LogP contribution in [0.3, 0.4) is 0 Å². The minimum Gasteiger partial charge on any atom is -0.257 e. The van der Waals surface area contributed by atoms with Crippen molar-refractivity contribution >= 4 is 35.1 Å². The number of hydrogen-bond acceptors (Lipinski definition) is 4. The van der Waals surface area contributed by atoms with E-state index in [0.717, 1.165) is 16.8 Å². The first-order chi connectivity index (χ1) is 9.99. The molecule has 2 heterocycles. The first kappa shape index (κ1) is 14.2. The molecule has 0 saturated carbocycles. The second-order valence-corrected chi connectivity index (χ2v) is 5.73. The fraction of sp³-hybridized carbons (Fsp3) is 0.200. The number of hydrogen-bond donors (Lipinski definition) is 0. The van der Waals surface area contributed by atoms with E-state index in [9.17, 15) is 0 Å². The molecule has 21 heavy (non-hydrogen) atoms. The van der Waals surface area contributed by atoms with Crippen LogP contribution in [-0.2, 0) is 5.66 Å². The van der Waals surface area contributed by atoms with Gasteiger partial charge in [-0.15, -0.1) is 0 Å². The van der Waals surface area contributed by atoms with E-state index in [2.05, 4.69) is 26.3 Å². The number of benzene rings is 1. The molecule has 6 heteroatoms. The van der Waals surface area contributed by atoms with Crippen LogP contribution in [0.5, 0.6) is 0 Å².